The van der Waals surface area contributed by atoms with Crippen molar-refractivity contribution < 1.29 is 4.79 Å². The number of nitrogens with one attached hydrogen (secondary N) is 1. The molecule has 3 N–H and O–H groups in total. The fourth-order valence-electron chi connectivity index (χ4n) is 3.86. The second-order valence-corrected chi connectivity index (χ2v) is 6.48. The van der Waals surface area contributed by atoms with Crippen molar-refractivity contribution in [1.29, 1.82) is 0 Å². The van der Waals surface area contributed by atoms with Crippen LogP contribution >= 0.6 is 11.6 Å². The van der Waals surface area contributed by atoms with Crippen LogP contribution < -0.4 is 11.1 Å². The normalized spacial score (nSPS) is 31.5. The second-order valence-electron chi connectivity index (χ2n) is 6.07. The summed E-state index contributed by atoms with van der Waals surface area (Å²) in [6.07, 6.45) is 4.28. The Kier molecular flexibility index (Phi) is 3.99. The molecule has 2 fully saturated rings. The van der Waals surface area contributed by atoms with Gasteiger partial charge in [-0.3, -0.25) is 4.79 Å². The first kappa shape index (κ1) is 13.9. The minimum absolute atomic E-state index is 0.0278. The van der Waals surface area contributed by atoms with Crippen molar-refractivity contribution >= 4 is 17.5 Å². The molecular weight excluding hydrogens is 272 g/mol. The molecule has 4 unspecified atom stereocenters. The molecule has 2 saturated carbocycles. The first-order valence-corrected chi connectivity index (χ1v) is 7.81. The molecule has 1 aromatic carbocycles. The molecule has 0 aliphatic heterocycles. The Morgan fingerprint density at radius 2 is 2.05 bits per heavy atom. The van der Waals surface area contributed by atoms with Crippen molar-refractivity contribution in [3.8, 4) is 0 Å². The molecule has 2 aliphatic carbocycles. The standard InChI is InChI=1S/C16H21ClN2O/c17-13-4-2-1-3-10(13)7-8-19-16(20)14-11-5-6-12(9-11)15(14)18/h1-4,11-12,14-15H,5-9,18H2,(H,19,20). The third-order valence-electron chi connectivity index (χ3n) is 4.93. The third kappa shape index (κ3) is 2.57. The van der Waals surface area contributed by atoms with Gasteiger partial charge in [-0.25, -0.2) is 0 Å². The van der Waals surface area contributed by atoms with E-state index in [0.717, 1.165) is 23.4 Å². The van der Waals surface area contributed by atoms with Gasteiger partial charge in [-0.15, -0.1) is 0 Å². The van der Waals surface area contributed by atoms with Gasteiger partial charge in [-0.2, -0.15) is 0 Å². The van der Waals surface area contributed by atoms with Crippen LogP contribution in [0.3, 0.4) is 0 Å². The lowest BCUT2D eigenvalue weighted by Gasteiger charge is -2.27. The van der Waals surface area contributed by atoms with Gasteiger partial charge in [0.1, 0.15) is 0 Å². The Labute approximate surface area is 124 Å². The number of hydrogen-bond acceptors (Lipinski definition) is 2. The number of fused-ring (bicyclic) bond motifs is 2. The molecule has 2 aliphatic rings. The highest BCUT2D eigenvalue weighted by molar-refractivity contribution is 6.31. The van der Waals surface area contributed by atoms with E-state index in [1.807, 2.05) is 24.3 Å². The number of halogens is 1. The average molecular weight is 293 g/mol. The molecule has 1 aromatic rings. The van der Waals surface area contributed by atoms with Crippen LogP contribution in [-0.4, -0.2) is 18.5 Å². The smallest absolute Gasteiger partial charge is 0.224 e. The molecule has 3 rings (SSSR count). The number of hydrogen-bond donors (Lipinski definition) is 2. The van der Waals surface area contributed by atoms with E-state index in [4.69, 9.17) is 17.3 Å². The van der Waals surface area contributed by atoms with Crippen molar-refractivity contribution in [2.45, 2.75) is 31.7 Å². The van der Waals surface area contributed by atoms with Crippen LogP contribution in [-0.2, 0) is 11.2 Å². The summed E-state index contributed by atoms with van der Waals surface area (Å²) in [6.45, 7) is 0.628. The number of carbonyl (C=O) groups excluding carboxylic acids is 1. The van der Waals surface area contributed by atoms with E-state index in [-0.39, 0.29) is 17.9 Å². The van der Waals surface area contributed by atoms with Gasteiger partial charge in [0.05, 0.1) is 5.92 Å². The maximum atomic E-state index is 12.3. The molecule has 108 valence electrons. The van der Waals surface area contributed by atoms with Crippen LogP contribution in [0.1, 0.15) is 24.8 Å². The molecule has 20 heavy (non-hydrogen) atoms. The number of amides is 1. The topological polar surface area (TPSA) is 55.1 Å². The summed E-state index contributed by atoms with van der Waals surface area (Å²) in [5.41, 5.74) is 7.27. The third-order valence-corrected chi connectivity index (χ3v) is 5.30. The fourth-order valence-corrected chi connectivity index (χ4v) is 4.09. The first-order valence-electron chi connectivity index (χ1n) is 7.43. The zero-order valence-corrected chi connectivity index (χ0v) is 12.3. The molecule has 4 atom stereocenters. The predicted octanol–water partition coefficient (Wildman–Crippen LogP) is 2.37. The Morgan fingerprint density at radius 3 is 2.75 bits per heavy atom. The van der Waals surface area contributed by atoms with Crippen molar-refractivity contribution in [2.75, 3.05) is 6.54 Å². The Balaban J connectivity index is 1.52. The Hall–Kier alpha value is -1.06. The van der Waals surface area contributed by atoms with E-state index < -0.39 is 0 Å². The average Bonchev–Trinajstić information content (AvgIpc) is 3.01. The van der Waals surface area contributed by atoms with E-state index in [0.29, 0.717) is 18.4 Å². The highest BCUT2D eigenvalue weighted by atomic mass is 35.5. The lowest BCUT2D eigenvalue weighted by molar-refractivity contribution is -0.127. The van der Waals surface area contributed by atoms with Gasteiger partial charge in [0.25, 0.3) is 0 Å². The fraction of sp³-hybridized carbons (Fsp3) is 0.562. The molecule has 0 aromatic heterocycles. The van der Waals surface area contributed by atoms with Crippen LogP contribution in [0.4, 0.5) is 0 Å². The van der Waals surface area contributed by atoms with Crippen molar-refractivity contribution in [3.05, 3.63) is 34.9 Å². The summed E-state index contributed by atoms with van der Waals surface area (Å²) in [6, 6.07) is 7.82. The highest BCUT2D eigenvalue weighted by Crippen LogP contribution is 2.47. The molecule has 4 heteroatoms. The summed E-state index contributed by atoms with van der Waals surface area (Å²) in [4.78, 5) is 12.3. The number of nitrogens with two attached hydrogens (primary N) is 1. The lowest BCUT2D eigenvalue weighted by atomic mass is 9.84. The maximum absolute atomic E-state index is 12.3. The van der Waals surface area contributed by atoms with Crippen molar-refractivity contribution in [1.82, 2.24) is 5.32 Å². The molecule has 0 heterocycles. The van der Waals surface area contributed by atoms with Gasteiger partial charge in [-0.1, -0.05) is 29.8 Å². The minimum atomic E-state index is 0.0278. The molecule has 2 bridgehead atoms. The van der Waals surface area contributed by atoms with Crippen molar-refractivity contribution in [2.24, 2.45) is 23.5 Å². The molecular formula is C16H21ClN2O. The second kappa shape index (κ2) is 5.74. The van der Waals surface area contributed by atoms with Crippen LogP contribution in [0.5, 0.6) is 0 Å². The monoisotopic (exact) mass is 292 g/mol. The number of rotatable bonds is 4. The summed E-state index contributed by atoms with van der Waals surface area (Å²) in [7, 11) is 0. The zero-order chi connectivity index (χ0) is 14.1. The molecule has 0 saturated heterocycles. The summed E-state index contributed by atoms with van der Waals surface area (Å²) in [5.74, 6) is 1.24. The van der Waals surface area contributed by atoms with Gasteiger partial charge >= 0.3 is 0 Å². The van der Waals surface area contributed by atoms with Gasteiger partial charge in [0.2, 0.25) is 5.91 Å². The minimum Gasteiger partial charge on any atom is -0.355 e. The summed E-state index contributed by atoms with van der Waals surface area (Å²) in [5, 5.41) is 3.80. The van der Waals surface area contributed by atoms with E-state index >= 15 is 0 Å². The molecule has 0 radical (unpaired) electrons. The summed E-state index contributed by atoms with van der Waals surface area (Å²) >= 11 is 6.11. The Morgan fingerprint density at radius 1 is 1.30 bits per heavy atom. The van der Waals surface area contributed by atoms with Crippen LogP contribution in [0, 0.1) is 17.8 Å². The van der Waals surface area contributed by atoms with Crippen LogP contribution in [0.25, 0.3) is 0 Å². The lowest BCUT2D eigenvalue weighted by Crippen LogP contribution is -2.45. The quantitative estimate of drug-likeness (QED) is 0.895. The SMILES string of the molecule is NC1C2CCC(C2)C1C(=O)NCCc1ccccc1Cl. The zero-order valence-electron chi connectivity index (χ0n) is 11.5. The van der Waals surface area contributed by atoms with E-state index in [1.165, 1.54) is 12.8 Å². The van der Waals surface area contributed by atoms with Crippen LogP contribution in [0.2, 0.25) is 5.02 Å². The van der Waals surface area contributed by atoms with E-state index in [1.54, 1.807) is 0 Å². The number of carbonyl (C=O) groups is 1. The van der Waals surface area contributed by atoms with E-state index in [2.05, 4.69) is 5.32 Å². The maximum Gasteiger partial charge on any atom is 0.224 e. The van der Waals surface area contributed by atoms with Gasteiger partial charge < -0.3 is 11.1 Å². The van der Waals surface area contributed by atoms with Gasteiger partial charge in [-0.05, 0) is 49.1 Å². The van der Waals surface area contributed by atoms with E-state index in [9.17, 15) is 4.79 Å². The predicted molar refractivity (Wildman–Crippen MR) is 80.5 cm³/mol. The number of benzene rings is 1. The van der Waals surface area contributed by atoms with Crippen molar-refractivity contribution in [3.63, 3.8) is 0 Å². The molecule has 0 spiro atoms. The summed E-state index contributed by atoms with van der Waals surface area (Å²) < 4.78 is 0. The largest absolute Gasteiger partial charge is 0.355 e. The van der Waals surface area contributed by atoms with Gasteiger partial charge in [0.15, 0.2) is 0 Å². The molecule has 3 nitrogen and oxygen atoms in total. The van der Waals surface area contributed by atoms with Gasteiger partial charge in [0, 0.05) is 17.6 Å². The van der Waals surface area contributed by atoms with Crippen LogP contribution in [0.15, 0.2) is 24.3 Å². The molecule has 1 amide bonds. The Bertz CT molecular complexity index is 503. The first-order chi connectivity index (χ1) is 9.66. The highest BCUT2D eigenvalue weighted by Gasteiger charge is 2.48.